The fraction of sp³-hybridized carbons (Fsp3) is 0.300. The molecule has 0 radical (unpaired) electrons. The molecule has 1 rings (SSSR count). The van der Waals surface area contributed by atoms with Gasteiger partial charge in [-0.15, -0.1) is 0 Å². The molecule has 0 fully saturated rings. The third-order valence-electron chi connectivity index (χ3n) is 1.68. The van der Waals surface area contributed by atoms with Crippen LogP contribution in [0.1, 0.15) is 13.3 Å². The summed E-state index contributed by atoms with van der Waals surface area (Å²) in [7, 11) is 0. The SMILES string of the molecule is CC(CC(=O)O)Oc1ccc(Cl)cc1Br. The number of hydrogen-bond acceptors (Lipinski definition) is 2. The molecule has 0 saturated heterocycles. The Labute approximate surface area is 101 Å². The van der Waals surface area contributed by atoms with Gasteiger partial charge < -0.3 is 9.84 Å². The number of halogens is 2. The average molecular weight is 294 g/mol. The van der Waals surface area contributed by atoms with Crippen molar-refractivity contribution in [1.29, 1.82) is 0 Å². The maximum Gasteiger partial charge on any atom is 0.307 e. The molecule has 1 atom stereocenters. The number of carboxylic acids is 1. The van der Waals surface area contributed by atoms with E-state index in [1.807, 2.05) is 0 Å². The molecule has 0 aliphatic rings. The standard InChI is InChI=1S/C10H10BrClO3/c1-6(4-10(13)14)15-9-3-2-7(12)5-8(9)11/h2-3,5-6H,4H2,1H3,(H,13,14). The van der Waals surface area contributed by atoms with Crippen LogP contribution in [0.15, 0.2) is 22.7 Å². The highest BCUT2D eigenvalue weighted by Gasteiger charge is 2.11. The smallest absolute Gasteiger partial charge is 0.307 e. The maximum absolute atomic E-state index is 10.4. The first-order chi connectivity index (χ1) is 6.99. The summed E-state index contributed by atoms with van der Waals surface area (Å²) in [4.78, 5) is 10.4. The van der Waals surface area contributed by atoms with Crippen molar-refractivity contribution < 1.29 is 14.6 Å². The lowest BCUT2D eigenvalue weighted by atomic mass is 10.3. The highest BCUT2D eigenvalue weighted by Crippen LogP contribution is 2.28. The van der Waals surface area contributed by atoms with E-state index in [1.165, 1.54) is 0 Å². The van der Waals surface area contributed by atoms with Crippen molar-refractivity contribution in [1.82, 2.24) is 0 Å². The largest absolute Gasteiger partial charge is 0.489 e. The van der Waals surface area contributed by atoms with Gasteiger partial charge >= 0.3 is 5.97 Å². The molecular weight excluding hydrogens is 283 g/mol. The number of hydrogen-bond donors (Lipinski definition) is 1. The first-order valence-corrected chi connectivity index (χ1v) is 5.49. The average Bonchev–Trinajstić information content (AvgIpc) is 2.08. The lowest BCUT2D eigenvalue weighted by Gasteiger charge is -2.13. The summed E-state index contributed by atoms with van der Waals surface area (Å²) >= 11 is 9.04. The van der Waals surface area contributed by atoms with Crippen molar-refractivity contribution in [2.45, 2.75) is 19.4 Å². The summed E-state index contributed by atoms with van der Waals surface area (Å²) in [5.41, 5.74) is 0. The van der Waals surface area contributed by atoms with E-state index in [1.54, 1.807) is 25.1 Å². The molecule has 15 heavy (non-hydrogen) atoms. The minimum absolute atomic E-state index is 0.0327. The van der Waals surface area contributed by atoms with Crippen molar-refractivity contribution in [3.63, 3.8) is 0 Å². The first-order valence-electron chi connectivity index (χ1n) is 4.32. The van der Waals surface area contributed by atoms with E-state index in [0.29, 0.717) is 15.2 Å². The first kappa shape index (κ1) is 12.3. The minimum atomic E-state index is -0.882. The minimum Gasteiger partial charge on any atom is -0.489 e. The summed E-state index contributed by atoms with van der Waals surface area (Å²) < 4.78 is 6.14. The van der Waals surface area contributed by atoms with Gasteiger partial charge in [0.25, 0.3) is 0 Å². The highest BCUT2D eigenvalue weighted by atomic mass is 79.9. The Morgan fingerprint density at radius 3 is 2.87 bits per heavy atom. The number of carbonyl (C=O) groups is 1. The Morgan fingerprint density at radius 2 is 2.33 bits per heavy atom. The zero-order valence-electron chi connectivity index (χ0n) is 8.04. The quantitative estimate of drug-likeness (QED) is 0.926. The Bertz CT molecular complexity index is 368. The normalized spacial score (nSPS) is 12.2. The fourth-order valence-electron chi connectivity index (χ4n) is 1.08. The van der Waals surface area contributed by atoms with Gasteiger partial charge in [-0.2, -0.15) is 0 Å². The van der Waals surface area contributed by atoms with Gasteiger partial charge in [0.2, 0.25) is 0 Å². The lowest BCUT2D eigenvalue weighted by molar-refractivity contribution is -0.138. The van der Waals surface area contributed by atoms with Crippen LogP contribution in [0, 0.1) is 0 Å². The second-order valence-electron chi connectivity index (χ2n) is 3.10. The van der Waals surface area contributed by atoms with Gasteiger partial charge in [0.05, 0.1) is 10.9 Å². The molecular formula is C10H10BrClO3. The molecule has 0 aromatic heterocycles. The molecule has 0 bridgehead atoms. The molecule has 0 amide bonds. The molecule has 1 unspecified atom stereocenters. The Morgan fingerprint density at radius 1 is 1.67 bits per heavy atom. The van der Waals surface area contributed by atoms with Crippen molar-refractivity contribution in [3.05, 3.63) is 27.7 Å². The van der Waals surface area contributed by atoms with E-state index in [2.05, 4.69) is 15.9 Å². The summed E-state index contributed by atoms with van der Waals surface area (Å²) in [6.07, 6.45) is -0.408. The second-order valence-corrected chi connectivity index (χ2v) is 4.39. The zero-order chi connectivity index (χ0) is 11.4. The molecule has 0 saturated carbocycles. The highest BCUT2D eigenvalue weighted by molar-refractivity contribution is 9.10. The molecule has 1 aromatic carbocycles. The van der Waals surface area contributed by atoms with Gasteiger partial charge in [-0.05, 0) is 41.1 Å². The van der Waals surface area contributed by atoms with E-state index in [-0.39, 0.29) is 12.5 Å². The van der Waals surface area contributed by atoms with Crippen molar-refractivity contribution in [3.8, 4) is 5.75 Å². The third-order valence-corrected chi connectivity index (χ3v) is 2.54. The Hall–Kier alpha value is -0.740. The molecule has 0 heterocycles. The monoisotopic (exact) mass is 292 g/mol. The van der Waals surface area contributed by atoms with Crippen LogP contribution in [-0.2, 0) is 4.79 Å². The van der Waals surface area contributed by atoms with Crippen LogP contribution in [0.3, 0.4) is 0 Å². The van der Waals surface area contributed by atoms with E-state index in [0.717, 1.165) is 0 Å². The predicted molar refractivity (Wildman–Crippen MR) is 61.5 cm³/mol. The maximum atomic E-state index is 10.4. The van der Waals surface area contributed by atoms with E-state index < -0.39 is 5.97 Å². The van der Waals surface area contributed by atoms with Gasteiger partial charge in [-0.25, -0.2) is 0 Å². The predicted octanol–water partition coefficient (Wildman–Crippen LogP) is 3.34. The summed E-state index contributed by atoms with van der Waals surface area (Å²) in [6.45, 7) is 1.70. The molecule has 82 valence electrons. The molecule has 0 aliphatic heterocycles. The fourth-order valence-corrected chi connectivity index (χ4v) is 1.85. The number of rotatable bonds is 4. The molecule has 5 heteroatoms. The molecule has 1 N–H and O–H groups in total. The molecule has 0 aliphatic carbocycles. The van der Waals surface area contributed by atoms with Crippen LogP contribution < -0.4 is 4.74 Å². The van der Waals surface area contributed by atoms with E-state index >= 15 is 0 Å². The lowest BCUT2D eigenvalue weighted by Crippen LogP contribution is -2.16. The van der Waals surface area contributed by atoms with Crippen LogP contribution in [0.5, 0.6) is 5.75 Å². The van der Waals surface area contributed by atoms with Crippen LogP contribution in [0.4, 0.5) is 0 Å². The zero-order valence-corrected chi connectivity index (χ0v) is 10.4. The van der Waals surface area contributed by atoms with Crippen LogP contribution >= 0.6 is 27.5 Å². The van der Waals surface area contributed by atoms with E-state index in [4.69, 9.17) is 21.4 Å². The van der Waals surface area contributed by atoms with Crippen LogP contribution in [0.25, 0.3) is 0 Å². The van der Waals surface area contributed by atoms with Crippen molar-refractivity contribution in [2.75, 3.05) is 0 Å². The summed E-state index contributed by atoms with van der Waals surface area (Å²) in [5.74, 6) is -0.291. The van der Waals surface area contributed by atoms with Crippen molar-refractivity contribution in [2.24, 2.45) is 0 Å². The van der Waals surface area contributed by atoms with Gasteiger partial charge in [0, 0.05) is 5.02 Å². The van der Waals surface area contributed by atoms with Crippen LogP contribution in [-0.4, -0.2) is 17.2 Å². The molecule has 1 aromatic rings. The molecule has 0 spiro atoms. The number of carboxylic acid groups (broad SMARTS) is 1. The van der Waals surface area contributed by atoms with E-state index in [9.17, 15) is 4.79 Å². The summed E-state index contributed by atoms with van der Waals surface area (Å²) in [5, 5.41) is 9.16. The van der Waals surface area contributed by atoms with Crippen molar-refractivity contribution >= 4 is 33.5 Å². The number of ether oxygens (including phenoxy) is 1. The van der Waals surface area contributed by atoms with Gasteiger partial charge in [0.1, 0.15) is 11.9 Å². The van der Waals surface area contributed by atoms with Gasteiger partial charge in [-0.3, -0.25) is 4.79 Å². The second kappa shape index (κ2) is 5.37. The topological polar surface area (TPSA) is 46.5 Å². The van der Waals surface area contributed by atoms with Crippen LogP contribution in [0.2, 0.25) is 5.02 Å². The number of aliphatic carboxylic acids is 1. The Kier molecular flexibility index (Phi) is 4.42. The number of benzene rings is 1. The van der Waals surface area contributed by atoms with Gasteiger partial charge in [-0.1, -0.05) is 11.6 Å². The van der Waals surface area contributed by atoms with Gasteiger partial charge in [0.15, 0.2) is 0 Å². The summed E-state index contributed by atoms with van der Waals surface area (Å²) in [6, 6.07) is 5.09. The third kappa shape index (κ3) is 4.10. The molecule has 3 nitrogen and oxygen atoms in total. The Balaban J connectivity index is 2.68.